The molecule has 7 heteroatoms. The van der Waals surface area contributed by atoms with Gasteiger partial charge in [-0.05, 0) is 6.42 Å². The van der Waals surface area contributed by atoms with Crippen LogP contribution in [0.4, 0.5) is 0 Å². The summed E-state index contributed by atoms with van der Waals surface area (Å²) in [7, 11) is 0. The second kappa shape index (κ2) is 6.00. The number of amides is 1. The maximum absolute atomic E-state index is 11.5. The molecule has 1 amide bonds. The van der Waals surface area contributed by atoms with Gasteiger partial charge in [-0.3, -0.25) is 19.5 Å². The van der Waals surface area contributed by atoms with E-state index in [0.717, 1.165) is 16.8 Å². The number of nitrogens with one attached hydrogen (secondary N) is 2. The van der Waals surface area contributed by atoms with Gasteiger partial charge < -0.3 is 10.4 Å². The summed E-state index contributed by atoms with van der Waals surface area (Å²) in [4.78, 5) is 33.8. The molecule has 7 nitrogen and oxygen atoms in total. The van der Waals surface area contributed by atoms with E-state index in [4.69, 9.17) is 5.11 Å². The first-order valence-electron chi connectivity index (χ1n) is 5.27. The fourth-order valence-corrected chi connectivity index (χ4v) is 1.27. The zero-order valence-corrected chi connectivity index (χ0v) is 9.47. The number of aromatic nitrogens is 2. The number of carbonyl (C=O) groups is 1. The monoisotopic (exact) mass is 241 g/mol. The molecule has 1 heterocycles. The Bertz CT molecular complexity index is 487. The normalized spacial score (nSPS) is 12.1. The molecular formula is C10H15N3O4. The van der Waals surface area contributed by atoms with Crippen LogP contribution in [0.1, 0.15) is 13.3 Å². The van der Waals surface area contributed by atoms with Crippen molar-refractivity contribution in [1.29, 1.82) is 0 Å². The summed E-state index contributed by atoms with van der Waals surface area (Å²) in [6, 6.07) is 1.85. The van der Waals surface area contributed by atoms with Gasteiger partial charge in [0.15, 0.2) is 0 Å². The summed E-state index contributed by atoms with van der Waals surface area (Å²) >= 11 is 0. The zero-order valence-electron chi connectivity index (χ0n) is 9.47. The predicted molar refractivity (Wildman–Crippen MR) is 60.6 cm³/mol. The Hall–Kier alpha value is -1.89. The van der Waals surface area contributed by atoms with Crippen LogP contribution in [0.5, 0.6) is 0 Å². The van der Waals surface area contributed by atoms with E-state index in [0.29, 0.717) is 6.42 Å². The van der Waals surface area contributed by atoms with Crippen molar-refractivity contribution in [3.8, 4) is 0 Å². The second-order valence-corrected chi connectivity index (χ2v) is 3.59. The van der Waals surface area contributed by atoms with Crippen molar-refractivity contribution in [1.82, 2.24) is 15.1 Å². The van der Waals surface area contributed by atoms with Crippen LogP contribution in [0.2, 0.25) is 0 Å². The number of carbonyl (C=O) groups excluding carboxylic acids is 1. The molecule has 1 atom stereocenters. The minimum absolute atomic E-state index is 0.164. The van der Waals surface area contributed by atoms with E-state index in [2.05, 4.69) is 10.4 Å². The summed E-state index contributed by atoms with van der Waals surface area (Å²) in [5.74, 6) is -0.435. The Kier molecular flexibility index (Phi) is 4.65. The molecule has 94 valence electrons. The maximum atomic E-state index is 11.5. The molecule has 0 bridgehead atoms. The number of H-pyrrole nitrogens is 1. The molecule has 0 fully saturated rings. The lowest BCUT2D eigenvalue weighted by Gasteiger charge is -2.14. The number of aliphatic hydroxyl groups is 1. The van der Waals surface area contributed by atoms with Gasteiger partial charge in [-0.1, -0.05) is 6.92 Å². The van der Waals surface area contributed by atoms with Crippen LogP contribution >= 0.6 is 0 Å². The van der Waals surface area contributed by atoms with Crippen LogP contribution in [0.15, 0.2) is 21.7 Å². The fourth-order valence-electron chi connectivity index (χ4n) is 1.27. The van der Waals surface area contributed by atoms with Gasteiger partial charge in [0.1, 0.15) is 6.54 Å². The molecule has 0 aliphatic rings. The smallest absolute Gasteiger partial charge is 0.265 e. The highest BCUT2D eigenvalue weighted by atomic mass is 16.3. The van der Waals surface area contributed by atoms with Crippen molar-refractivity contribution in [2.75, 3.05) is 6.61 Å². The highest BCUT2D eigenvalue weighted by Gasteiger charge is 2.10. The molecule has 0 aromatic carbocycles. The minimum atomic E-state index is -0.461. The predicted octanol–water partition coefficient (Wildman–Crippen LogP) is -1.58. The average Bonchev–Trinajstić information content (AvgIpc) is 2.31. The van der Waals surface area contributed by atoms with E-state index in [1.54, 1.807) is 0 Å². The summed E-state index contributed by atoms with van der Waals surface area (Å²) in [5.41, 5.74) is -0.914. The topological polar surface area (TPSA) is 104 Å². The molecule has 0 radical (unpaired) electrons. The molecule has 0 saturated heterocycles. The van der Waals surface area contributed by atoms with E-state index in [-0.39, 0.29) is 19.2 Å². The van der Waals surface area contributed by atoms with Crippen LogP contribution in [0.3, 0.4) is 0 Å². The van der Waals surface area contributed by atoms with Crippen molar-refractivity contribution in [2.24, 2.45) is 0 Å². The maximum Gasteiger partial charge on any atom is 0.265 e. The first-order chi connectivity index (χ1) is 8.06. The van der Waals surface area contributed by atoms with Crippen LogP contribution in [-0.4, -0.2) is 33.4 Å². The molecule has 0 saturated carbocycles. The highest BCUT2D eigenvalue weighted by molar-refractivity contribution is 5.75. The Morgan fingerprint density at radius 2 is 2.24 bits per heavy atom. The lowest BCUT2D eigenvalue weighted by atomic mass is 10.2. The summed E-state index contributed by atoms with van der Waals surface area (Å²) in [5, 5.41) is 13.7. The second-order valence-electron chi connectivity index (χ2n) is 3.59. The van der Waals surface area contributed by atoms with Crippen LogP contribution in [0, 0.1) is 0 Å². The first-order valence-corrected chi connectivity index (χ1v) is 5.27. The summed E-state index contributed by atoms with van der Waals surface area (Å²) < 4.78 is 0.918. The van der Waals surface area contributed by atoms with Gasteiger partial charge in [-0.15, -0.1) is 0 Å². The molecule has 17 heavy (non-hydrogen) atoms. The van der Waals surface area contributed by atoms with E-state index >= 15 is 0 Å². The molecule has 1 unspecified atom stereocenters. The van der Waals surface area contributed by atoms with Crippen molar-refractivity contribution < 1.29 is 9.90 Å². The molecule has 0 spiro atoms. The molecule has 3 N–H and O–H groups in total. The lowest BCUT2D eigenvalue weighted by Crippen LogP contribution is -2.41. The first kappa shape index (κ1) is 13.2. The standard InChI is InChI=1S/C10H15N3O4/c1-2-7(6-14)11-9(16)5-13-10(17)4-3-8(15)12-13/h3-4,7,14H,2,5-6H2,1H3,(H,11,16)(H,12,15). The average molecular weight is 241 g/mol. The fraction of sp³-hybridized carbons (Fsp3) is 0.500. The number of rotatable bonds is 5. The van der Waals surface area contributed by atoms with Crippen LogP contribution in [-0.2, 0) is 11.3 Å². The van der Waals surface area contributed by atoms with Crippen LogP contribution < -0.4 is 16.4 Å². The van der Waals surface area contributed by atoms with Crippen molar-refractivity contribution >= 4 is 5.91 Å². The number of aliphatic hydroxyl groups excluding tert-OH is 1. The Morgan fingerprint density at radius 3 is 2.82 bits per heavy atom. The van der Waals surface area contributed by atoms with Crippen molar-refractivity contribution in [3.63, 3.8) is 0 Å². The van der Waals surface area contributed by atoms with Gasteiger partial charge in [0.25, 0.3) is 11.1 Å². The third-order valence-electron chi connectivity index (χ3n) is 2.27. The summed E-state index contributed by atoms with van der Waals surface area (Å²) in [6.45, 7) is 1.38. The molecule has 1 aromatic heterocycles. The lowest BCUT2D eigenvalue weighted by molar-refractivity contribution is -0.123. The number of aromatic amines is 1. The number of hydrogen-bond acceptors (Lipinski definition) is 4. The molecule has 0 aliphatic carbocycles. The van der Waals surface area contributed by atoms with E-state index in [1.807, 2.05) is 6.92 Å². The number of hydrogen-bond donors (Lipinski definition) is 3. The molecular weight excluding hydrogens is 226 g/mol. The largest absolute Gasteiger partial charge is 0.394 e. The Labute approximate surface area is 97.1 Å². The summed E-state index contributed by atoms with van der Waals surface area (Å²) in [6.07, 6.45) is 0.586. The third kappa shape index (κ3) is 3.87. The van der Waals surface area contributed by atoms with Gasteiger partial charge in [0.2, 0.25) is 5.91 Å². The zero-order chi connectivity index (χ0) is 12.8. The van der Waals surface area contributed by atoms with Gasteiger partial charge in [0.05, 0.1) is 12.6 Å². The van der Waals surface area contributed by atoms with E-state index < -0.39 is 17.0 Å². The molecule has 1 aromatic rings. The Balaban J connectivity index is 2.71. The van der Waals surface area contributed by atoms with Gasteiger partial charge >= 0.3 is 0 Å². The number of nitrogens with zero attached hydrogens (tertiary/aromatic N) is 1. The highest BCUT2D eigenvalue weighted by Crippen LogP contribution is 1.88. The van der Waals surface area contributed by atoms with Gasteiger partial charge in [-0.2, -0.15) is 0 Å². The van der Waals surface area contributed by atoms with E-state index in [1.165, 1.54) is 0 Å². The van der Waals surface area contributed by atoms with E-state index in [9.17, 15) is 14.4 Å². The quantitative estimate of drug-likeness (QED) is 0.579. The SMILES string of the molecule is CCC(CO)NC(=O)Cn1[nH]c(=O)ccc1=O. The van der Waals surface area contributed by atoms with Crippen molar-refractivity contribution in [3.05, 3.63) is 32.8 Å². The molecule has 0 aliphatic heterocycles. The molecule has 1 rings (SSSR count). The third-order valence-corrected chi connectivity index (χ3v) is 2.27. The Morgan fingerprint density at radius 1 is 1.53 bits per heavy atom. The van der Waals surface area contributed by atoms with Crippen molar-refractivity contribution in [2.45, 2.75) is 25.9 Å². The van der Waals surface area contributed by atoms with Crippen LogP contribution in [0.25, 0.3) is 0 Å². The minimum Gasteiger partial charge on any atom is -0.394 e. The van der Waals surface area contributed by atoms with Gasteiger partial charge in [0, 0.05) is 12.1 Å². The van der Waals surface area contributed by atoms with Gasteiger partial charge in [-0.25, -0.2) is 4.68 Å².